The highest BCUT2D eigenvalue weighted by molar-refractivity contribution is 6.22. The highest BCUT2D eigenvalue weighted by Gasteiger charge is 2.05. The summed E-state index contributed by atoms with van der Waals surface area (Å²) in [7, 11) is 3.33. The van der Waals surface area contributed by atoms with Crippen LogP contribution in [0.3, 0.4) is 0 Å². The first-order chi connectivity index (χ1) is 4.09. The Morgan fingerprint density at radius 2 is 2.11 bits per heavy atom. The van der Waals surface area contributed by atoms with Crippen molar-refractivity contribution in [3.8, 4) is 0 Å². The Kier molecular flexibility index (Phi) is 3.32. The van der Waals surface area contributed by atoms with Crippen LogP contribution in [0.5, 0.6) is 0 Å². The summed E-state index contributed by atoms with van der Waals surface area (Å²) < 4.78 is 0. The molecule has 0 aliphatic carbocycles. The van der Waals surface area contributed by atoms with Crippen molar-refractivity contribution in [2.45, 2.75) is 0 Å². The third-order valence-electron chi connectivity index (χ3n) is 0.870. The van der Waals surface area contributed by atoms with Crippen molar-refractivity contribution < 1.29 is 4.79 Å². The summed E-state index contributed by atoms with van der Waals surface area (Å²) in [6.07, 6.45) is 0. The topological polar surface area (TPSA) is 20.3 Å². The second-order valence-electron chi connectivity index (χ2n) is 1.94. The number of hydrogen-bond acceptors (Lipinski definition) is 1. The molecule has 0 saturated carbocycles. The zero-order chi connectivity index (χ0) is 7.44. The van der Waals surface area contributed by atoms with E-state index in [1.165, 1.54) is 4.90 Å². The molecule has 9 heavy (non-hydrogen) atoms. The molecule has 1 amide bonds. The van der Waals surface area contributed by atoms with Crippen LogP contribution in [0.1, 0.15) is 0 Å². The van der Waals surface area contributed by atoms with Gasteiger partial charge in [0.15, 0.2) is 0 Å². The van der Waals surface area contributed by atoms with Crippen LogP contribution < -0.4 is 0 Å². The summed E-state index contributed by atoms with van der Waals surface area (Å²) in [5, 5.41) is 0. The highest BCUT2D eigenvalue weighted by Crippen LogP contribution is 1.96. The van der Waals surface area contributed by atoms with Crippen molar-refractivity contribution >= 4 is 17.5 Å². The summed E-state index contributed by atoms with van der Waals surface area (Å²) >= 11 is 5.34. The molecule has 0 saturated heterocycles. The quantitative estimate of drug-likeness (QED) is 0.419. The predicted octanol–water partition coefficient (Wildman–Crippen LogP) is 0.870. The van der Waals surface area contributed by atoms with Gasteiger partial charge < -0.3 is 4.90 Å². The molecule has 0 aromatic heterocycles. The Morgan fingerprint density at radius 3 is 2.22 bits per heavy atom. The lowest BCUT2D eigenvalue weighted by molar-refractivity contribution is -0.124. The van der Waals surface area contributed by atoms with Gasteiger partial charge in [-0.05, 0) is 0 Å². The molecular formula is C6H10ClNO. The maximum Gasteiger partial charge on any atom is 0.249 e. The first-order valence-corrected chi connectivity index (χ1v) is 3.08. The molecule has 0 spiro atoms. The molecule has 2 nitrogen and oxygen atoms in total. The first kappa shape index (κ1) is 8.50. The summed E-state index contributed by atoms with van der Waals surface area (Å²) in [5.74, 6) is 0.0989. The summed E-state index contributed by atoms with van der Waals surface area (Å²) in [4.78, 5) is 12.3. The van der Waals surface area contributed by atoms with Crippen LogP contribution in [0.4, 0.5) is 0 Å². The van der Waals surface area contributed by atoms with Gasteiger partial charge in [0.1, 0.15) is 0 Å². The molecule has 0 heterocycles. The third-order valence-corrected chi connectivity index (χ3v) is 1.19. The van der Waals surface area contributed by atoms with Gasteiger partial charge >= 0.3 is 0 Å². The largest absolute Gasteiger partial charge is 0.345 e. The molecule has 0 aliphatic rings. The molecule has 0 aromatic carbocycles. The number of likely N-dealkylation sites (N-methyl/N-ethyl adjacent to an activating group) is 1. The molecule has 3 heteroatoms. The summed E-state index contributed by atoms with van der Waals surface area (Å²) in [6, 6.07) is 0. The fourth-order valence-corrected chi connectivity index (χ4v) is 0.488. The van der Waals surface area contributed by atoms with Crippen molar-refractivity contribution in [1.29, 1.82) is 0 Å². The van der Waals surface area contributed by atoms with E-state index in [0.29, 0.717) is 5.57 Å². The second-order valence-corrected chi connectivity index (χ2v) is 2.20. The van der Waals surface area contributed by atoms with Gasteiger partial charge in [-0.2, -0.15) is 0 Å². The number of carbonyl (C=O) groups excluding carboxylic acids is 1. The maximum atomic E-state index is 10.8. The molecule has 0 rings (SSSR count). The number of nitrogens with zero attached hydrogens (tertiary/aromatic N) is 1. The summed E-state index contributed by atoms with van der Waals surface area (Å²) in [5.41, 5.74) is 0.432. The Balaban J connectivity index is 3.89. The minimum Gasteiger partial charge on any atom is -0.345 e. The van der Waals surface area contributed by atoms with Crippen molar-refractivity contribution in [2.24, 2.45) is 0 Å². The van der Waals surface area contributed by atoms with Crippen molar-refractivity contribution in [3.63, 3.8) is 0 Å². The Morgan fingerprint density at radius 1 is 1.67 bits per heavy atom. The molecule has 0 unspecified atom stereocenters. The molecule has 0 N–H and O–H groups in total. The Bertz CT molecular complexity index is 131. The SMILES string of the molecule is C=C(CCl)C(=O)N(C)C. The lowest BCUT2D eigenvalue weighted by atomic mass is 10.3. The molecule has 0 aromatic rings. The molecule has 0 radical (unpaired) electrons. The van der Waals surface area contributed by atoms with Gasteiger partial charge in [-0.25, -0.2) is 0 Å². The molecular weight excluding hydrogens is 138 g/mol. The zero-order valence-corrected chi connectivity index (χ0v) is 6.40. The van der Waals surface area contributed by atoms with E-state index < -0.39 is 0 Å². The van der Waals surface area contributed by atoms with Crippen LogP contribution in [-0.2, 0) is 4.79 Å². The number of hydrogen-bond donors (Lipinski definition) is 0. The van der Waals surface area contributed by atoms with Gasteiger partial charge in [0, 0.05) is 19.7 Å². The van der Waals surface area contributed by atoms with Gasteiger partial charge in [0.2, 0.25) is 5.91 Å². The van der Waals surface area contributed by atoms with Gasteiger partial charge in [-0.1, -0.05) is 6.58 Å². The molecule has 0 aliphatic heterocycles. The maximum absolute atomic E-state index is 10.8. The molecule has 0 atom stereocenters. The number of alkyl halides is 1. The van der Waals surface area contributed by atoms with Gasteiger partial charge in [-0.3, -0.25) is 4.79 Å². The van der Waals surface area contributed by atoms with Crippen LogP contribution in [-0.4, -0.2) is 30.8 Å². The van der Waals surface area contributed by atoms with Crippen LogP contribution in [0, 0.1) is 0 Å². The monoisotopic (exact) mass is 147 g/mol. The van der Waals surface area contributed by atoms with Crippen LogP contribution >= 0.6 is 11.6 Å². The molecule has 0 fully saturated rings. The zero-order valence-electron chi connectivity index (χ0n) is 5.65. The highest BCUT2D eigenvalue weighted by atomic mass is 35.5. The smallest absolute Gasteiger partial charge is 0.249 e. The minimum absolute atomic E-state index is 0.106. The van der Waals surface area contributed by atoms with Crippen LogP contribution in [0.25, 0.3) is 0 Å². The van der Waals surface area contributed by atoms with E-state index in [0.717, 1.165) is 0 Å². The van der Waals surface area contributed by atoms with E-state index in [4.69, 9.17) is 11.6 Å². The van der Waals surface area contributed by atoms with E-state index in [-0.39, 0.29) is 11.8 Å². The van der Waals surface area contributed by atoms with Crippen molar-refractivity contribution in [2.75, 3.05) is 20.0 Å². The first-order valence-electron chi connectivity index (χ1n) is 2.55. The minimum atomic E-state index is -0.106. The molecule has 0 bridgehead atoms. The van der Waals surface area contributed by atoms with Crippen LogP contribution in [0.2, 0.25) is 0 Å². The normalized spacial score (nSPS) is 8.78. The van der Waals surface area contributed by atoms with Gasteiger partial charge in [0.05, 0.1) is 5.88 Å². The number of carbonyl (C=O) groups is 1. The van der Waals surface area contributed by atoms with E-state index in [2.05, 4.69) is 6.58 Å². The number of halogens is 1. The van der Waals surface area contributed by atoms with Crippen molar-refractivity contribution in [3.05, 3.63) is 12.2 Å². The van der Waals surface area contributed by atoms with E-state index in [9.17, 15) is 4.79 Å². The predicted molar refractivity (Wildman–Crippen MR) is 38.6 cm³/mol. The second kappa shape index (κ2) is 3.51. The van der Waals surface area contributed by atoms with Crippen LogP contribution in [0.15, 0.2) is 12.2 Å². The lowest BCUT2D eigenvalue weighted by Gasteiger charge is -2.09. The number of amides is 1. The Labute approximate surface area is 60.1 Å². The third kappa shape index (κ3) is 2.51. The Hall–Kier alpha value is -0.500. The van der Waals surface area contributed by atoms with E-state index >= 15 is 0 Å². The van der Waals surface area contributed by atoms with E-state index in [1.54, 1.807) is 14.1 Å². The van der Waals surface area contributed by atoms with Gasteiger partial charge in [-0.15, -0.1) is 11.6 Å². The number of rotatable bonds is 2. The van der Waals surface area contributed by atoms with Crippen molar-refractivity contribution in [1.82, 2.24) is 4.90 Å². The fourth-order valence-electron chi connectivity index (χ4n) is 0.373. The lowest BCUT2D eigenvalue weighted by Crippen LogP contribution is -2.23. The average Bonchev–Trinajstić information content (AvgIpc) is 1.84. The summed E-state index contributed by atoms with van der Waals surface area (Å²) in [6.45, 7) is 3.47. The fraction of sp³-hybridized carbons (Fsp3) is 0.500. The average molecular weight is 148 g/mol. The van der Waals surface area contributed by atoms with E-state index in [1.807, 2.05) is 0 Å². The standard InChI is InChI=1S/C6H10ClNO/c1-5(4-7)6(9)8(2)3/h1,4H2,2-3H3. The van der Waals surface area contributed by atoms with Gasteiger partial charge in [0.25, 0.3) is 0 Å². The molecule has 52 valence electrons.